The number of fused-ring (bicyclic) bond motifs is 1. The van der Waals surface area contributed by atoms with Crippen LogP contribution < -0.4 is 4.74 Å². The normalized spacial score (nSPS) is 13.2. The minimum atomic E-state index is -4.95. The summed E-state index contributed by atoms with van der Waals surface area (Å²) in [6.45, 7) is 3.90. The first-order valence-corrected chi connectivity index (χ1v) is 12.5. The molecule has 3 aromatic carbocycles. The van der Waals surface area contributed by atoms with E-state index in [0.29, 0.717) is 0 Å². The molecule has 0 saturated heterocycles. The first kappa shape index (κ1) is 26.2. The van der Waals surface area contributed by atoms with Gasteiger partial charge in [0.1, 0.15) is 11.9 Å². The summed E-state index contributed by atoms with van der Waals surface area (Å²) < 4.78 is 70.7. The van der Waals surface area contributed by atoms with Crippen molar-refractivity contribution < 1.29 is 41.3 Å². The topological polar surface area (TPSA) is 106 Å². The molecule has 0 spiro atoms. The van der Waals surface area contributed by atoms with Crippen LogP contribution in [0.2, 0.25) is 0 Å². The molecule has 194 valence electrons. The van der Waals surface area contributed by atoms with Crippen molar-refractivity contribution in [2.45, 2.75) is 37.1 Å². The fourth-order valence-electron chi connectivity index (χ4n) is 3.95. The van der Waals surface area contributed by atoms with Crippen molar-refractivity contribution in [3.05, 3.63) is 95.2 Å². The molecule has 0 fully saturated rings. The molecule has 0 bridgehead atoms. The van der Waals surface area contributed by atoms with Gasteiger partial charge in [-0.15, -0.1) is 13.2 Å². The summed E-state index contributed by atoms with van der Waals surface area (Å²) in [5.74, 6) is -1.58. The van der Waals surface area contributed by atoms with Crippen LogP contribution in [0.25, 0.3) is 10.9 Å². The molecule has 1 aromatic heterocycles. The van der Waals surface area contributed by atoms with Gasteiger partial charge in [-0.3, -0.25) is 0 Å². The number of hydrogen-bond acceptors (Lipinski definition) is 5. The molecule has 0 amide bonds. The van der Waals surface area contributed by atoms with Crippen molar-refractivity contribution in [2.24, 2.45) is 0 Å². The third-order valence-electron chi connectivity index (χ3n) is 5.83. The van der Waals surface area contributed by atoms with E-state index in [0.717, 1.165) is 21.7 Å². The summed E-state index contributed by atoms with van der Waals surface area (Å²) in [6.07, 6.45) is -6.50. The fraction of sp³-hybridized carbons (Fsp3) is 0.192. The number of hydrogen-bond donors (Lipinski definition) is 2. The van der Waals surface area contributed by atoms with Gasteiger partial charge in [-0.1, -0.05) is 38.1 Å². The zero-order chi connectivity index (χ0) is 27.1. The molecule has 37 heavy (non-hydrogen) atoms. The second-order valence-corrected chi connectivity index (χ2v) is 10.4. The van der Waals surface area contributed by atoms with Gasteiger partial charge in [0.25, 0.3) is 10.0 Å². The number of nitrogens with zero attached hydrogens (tertiary/aromatic N) is 1. The second-order valence-electron chi connectivity index (χ2n) is 8.66. The molecule has 0 radical (unpaired) electrons. The number of aliphatic hydroxyl groups is 1. The third kappa shape index (κ3) is 5.32. The highest BCUT2D eigenvalue weighted by molar-refractivity contribution is 7.90. The molecule has 1 atom stereocenters. The Balaban J connectivity index is 1.90. The van der Waals surface area contributed by atoms with E-state index in [2.05, 4.69) is 4.74 Å². The van der Waals surface area contributed by atoms with Crippen LogP contribution in [-0.4, -0.2) is 34.9 Å². The number of alkyl halides is 3. The van der Waals surface area contributed by atoms with Crippen molar-refractivity contribution in [1.29, 1.82) is 0 Å². The highest BCUT2D eigenvalue weighted by Gasteiger charge is 2.32. The van der Waals surface area contributed by atoms with Gasteiger partial charge in [0.05, 0.1) is 21.7 Å². The number of aromatic nitrogens is 1. The Morgan fingerprint density at radius 2 is 1.51 bits per heavy atom. The molecular weight excluding hydrogens is 511 g/mol. The Hall–Kier alpha value is -3.83. The number of aromatic carboxylic acids is 1. The Bertz CT molecular complexity index is 1560. The van der Waals surface area contributed by atoms with E-state index < -0.39 is 34.2 Å². The lowest BCUT2D eigenvalue weighted by atomic mass is 10.0. The van der Waals surface area contributed by atoms with Crippen molar-refractivity contribution in [2.75, 3.05) is 0 Å². The second kappa shape index (κ2) is 9.56. The van der Waals surface area contributed by atoms with E-state index in [4.69, 9.17) is 5.11 Å². The van der Waals surface area contributed by atoms with E-state index in [1.54, 1.807) is 12.1 Å². The van der Waals surface area contributed by atoms with E-state index >= 15 is 0 Å². The molecule has 2 N–H and O–H groups in total. The van der Waals surface area contributed by atoms with Gasteiger partial charge in [0, 0.05) is 5.39 Å². The van der Waals surface area contributed by atoms with Gasteiger partial charge in [-0.05, 0) is 65.6 Å². The van der Waals surface area contributed by atoms with Crippen molar-refractivity contribution in [3.8, 4) is 5.75 Å². The number of aliphatic hydroxyl groups excluding tert-OH is 1. The molecule has 11 heteroatoms. The van der Waals surface area contributed by atoms with Crippen LogP contribution in [0.3, 0.4) is 0 Å². The Morgan fingerprint density at radius 1 is 0.919 bits per heavy atom. The van der Waals surface area contributed by atoms with Gasteiger partial charge in [-0.2, -0.15) is 0 Å². The lowest BCUT2D eigenvalue weighted by Gasteiger charge is -2.17. The van der Waals surface area contributed by atoms with E-state index in [9.17, 15) is 31.5 Å². The highest BCUT2D eigenvalue weighted by Crippen LogP contribution is 2.35. The van der Waals surface area contributed by atoms with Crippen LogP contribution in [0, 0.1) is 0 Å². The maximum Gasteiger partial charge on any atom is 0.573 e. The van der Waals surface area contributed by atoms with Crippen LogP contribution in [0.15, 0.2) is 77.7 Å². The average molecular weight is 534 g/mol. The number of ether oxygens (including phenoxy) is 1. The first-order valence-electron chi connectivity index (χ1n) is 11.1. The summed E-state index contributed by atoms with van der Waals surface area (Å²) in [6, 6.07) is 15.8. The number of carboxylic acids is 1. The third-order valence-corrected chi connectivity index (χ3v) is 7.58. The van der Waals surface area contributed by atoms with Crippen LogP contribution in [-0.2, 0) is 10.0 Å². The predicted octanol–water partition coefficient (Wildman–Crippen LogP) is 5.68. The fourth-order valence-corrected chi connectivity index (χ4v) is 5.50. The van der Waals surface area contributed by atoms with E-state index in [1.807, 2.05) is 13.8 Å². The molecule has 1 unspecified atom stereocenters. The van der Waals surface area contributed by atoms with Gasteiger partial charge >= 0.3 is 12.3 Å². The Kier molecular flexibility index (Phi) is 6.78. The van der Waals surface area contributed by atoms with Crippen LogP contribution in [0.5, 0.6) is 5.75 Å². The SMILES string of the molecule is CC(C)c1ccc(S(=O)(=O)n2c(C(O)c3ccc(C(=O)O)cc3)cc3cc(OC(F)(F)F)ccc32)cc1. The van der Waals surface area contributed by atoms with E-state index in [-0.39, 0.29) is 38.5 Å². The molecule has 0 aliphatic heterocycles. The Labute approximate surface area is 210 Å². The van der Waals surface area contributed by atoms with Gasteiger partial charge in [0.2, 0.25) is 0 Å². The lowest BCUT2D eigenvalue weighted by molar-refractivity contribution is -0.274. The summed E-state index contributed by atoms with van der Waals surface area (Å²) in [5, 5.41) is 20.4. The molecule has 1 heterocycles. The number of carbonyl (C=O) groups is 1. The average Bonchev–Trinajstić information content (AvgIpc) is 3.22. The molecule has 0 aliphatic rings. The summed E-state index contributed by atoms with van der Waals surface area (Å²) in [7, 11) is -4.32. The van der Waals surface area contributed by atoms with Crippen molar-refractivity contribution in [3.63, 3.8) is 0 Å². The van der Waals surface area contributed by atoms with Gasteiger partial charge < -0.3 is 14.9 Å². The summed E-state index contributed by atoms with van der Waals surface area (Å²) >= 11 is 0. The largest absolute Gasteiger partial charge is 0.573 e. The minimum absolute atomic E-state index is 0.0265. The standard InChI is InChI=1S/C26H22F3NO6S/c1-15(2)16-7-10-21(11-8-16)37(34,35)30-22-12-9-20(36-26(27,28)29)13-19(22)14-23(30)24(31)17-3-5-18(6-4-17)25(32)33/h3-15,24,31H,1-2H3,(H,32,33). The predicted molar refractivity (Wildman–Crippen MR) is 129 cm³/mol. The van der Waals surface area contributed by atoms with Crippen molar-refractivity contribution in [1.82, 2.24) is 3.97 Å². The number of carboxylic acid groups (broad SMARTS) is 1. The summed E-state index contributed by atoms with van der Waals surface area (Å²) in [5.41, 5.74) is 0.937. The maximum atomic E-state index is 13.8. The van der Waals surface area contributed by atoms with Crippen LogP contribution >= 0.6 is 0 Å². The van der Waals surface area contributed by atoms with Crippen LogP contribution in [0.1, 0.15) is 53.0 Å². The zero-order valence-corrected chi connectivity index (χ0v) is 20.4. The van der Waals surface area contributed by atoms with Gasteiger partial charge in [0.15, 0.2) is 0 Å². The number of halogens is 3. The molecule has 4 rings (SSSR count). The maximum absolute atomic E-state index is 13.8. The Morgan fingerprint density at radius 3 is 2.05 bits per heavy atom. The molecule has 7 nitrogen and oxygen atoms in total. The molecule has 4 aromatic rings. The monoisotopic (exact) mass is 533 g/mol. The zero-order valence-electron chi connectivity index (χ0n) is 19.6. The quantitative estimate of drug-likeness (QED) is 0.317. The van der Waals surface area contributed by atoms with E-state index in [1.165, 1.54) is 48.5 Å². The smallest absolute Gasteiger partial charge is 0.478 e. The van der Waals surface area contributed by atoms with Crippen LogP contribution in [0.4, 0.5) is 13.2 Å². The lowest BCUT2D eigenvalue weighted by Crippen LogP contribution is -2.18. The van der Waals surface area contributed by atoms with Crippen molar-refractivity contribution >= 4 is 26.9 Å². The van der Waals surface area contributed by atoms with Gasteiger partial charge in [-0.25, -0.2) is 17.2 Å². The highest BCUT2D eigenvalue weighted by atomic mass is 32.2. The number of benzene rings is 3. The molecule has 0 saturated carbocycles. The summed E-state index contributed by atoms with van der Waals surface area (Å²) in [4.78, 5) is 11.1. The number of rotatable bonds is 7. The molecular formula is C26H22F3NO6S. The minimum Gasteiger partial charge on any atom is -0.478 e. The molecule has 0 aliphatic carbocycles. The first-order chi connectivity index (χ1) is 17.3.